The van der Waals surface area contributed by atoms with Gasteiger partial charge in [0.1, 0.15) is 5.75 Å². The van der Waals surface area contributed by atoms with Crippen molar-refractivity contribution in [2.75, 3.05) is 34.3 Å². The van der Waals surface area contributed by atoms with Crippen LogP contribution >= 0.6 is 0 Å². The highest BCUT2D eigenvalue weighted by Crippen LogP contribution is 2.18. The minimum Gasteiger partial charge on any atom is -0.496 e. The summed E-state index contributed by atoms with van der Waals surface area (Å²) in [5.74, 6) is 0.906. The number of likely N-dealkylation sites (N-methyl/N-ethyl adjacent to an activating group) is 1. The quantitative estimate of drug-likeness (QED) is 0.783. The van der Waals surface area contributed by atoms with Gasteiger partial charge in [0.2, 0.25) is 0 Å². The van der Waals surface area contributed by atoms with Crippen LogP contribution < -0.4 is 10.1 Å². The van der Waals surface area contributed by atoms with E-state index in [1.54, 1.807) is 7.11 Å². The Morgan fingerprint density at radius 3 is 2.58 bits per heavy atom. The van der Waals surface area contributed by atoms with Crippen molar-refractivity contribution in [3.63, 3.8) is 0 Å². The topological polar surface area (TPSA) is 44.7 Å². The van der Waals surface area contributed by atoms with E-state index < -0.39 is 5.60 Å². The zero-order valence-electron chi connectivity index (χ0n) is 12.7. The Balaban J connectivity index is 2.47. The summed E-state index contributed by atoms with van der Waals surface area (Å²) >= 11 is 0. The molecule has 19 heavy (non-hydrogen) atoms. The largest absolute Gasteiger partial charge is 0.496 e. The van der Waals surface area contributed by atoms with Crippen molar-refractivity contribution in [3.05, 3.63) is 29.3 Å². The molecule has 0 aliphatic heterocycles. The average Bonchev–Trinajstić information content (AvgIpc) is 2.27. The van der Waals surface area contributed by atoms with Crippen molar-refractivity contribution >= 4 is 0 Å². The lowest BCUT2D eigenvalue weighted by molar-refractivity contribution is 0.0336. The van der Waals surface area contributed by atoms with E-state index in [4.69, 9.17) is 4.74 Å². The van der Waals surface area contributed by atoms with Gasteiger partial charge in [0.05, 0.1) is 12.7 Å². The summed E-state index contributed by atoms with van der Waals surface area (Å²) < 4.78 is 5.24. The Morgan fingerprint density at radius 2 is 2.05 bits per heavy atom. The van der Waals surface area contributed by atoms with Crippen LogP contribution in [0.25, 0.3) is 0 Å². The number of rotatable bonds is 7. The lowest BCUT2D eigenvalue weighted by Gasteiger charge is -2.27. The molecule has 0 fully saturated rings. The van der Waals surface area contributed by atoms with Crippen LogP contribution in [0.1, 0.15) is 18.1 Å². The second-order valence-corrected chi connectivity index (χ2v) is 5.64. The molecule has 4 heteroatoms. The molecule has 1 aromatic rings. The van der Waals surface area contributed by atoms with E-state index in [2.05, 4.69) is 11.4 Å². The van der Waals surface area contributed by atoms with Gasteiger partial charge in [-0.2, -0.15) is 0 Å². The smallest absolute Gasteiger partial charge is 0.121 e. The second kappa shape index (κ2) is 6.89. The fourth-order valence-electron chi connectivity index (χ4n) is 2.26. The van der Waals surface area contributed by atoms with Crippen molar-refractivity contribution in [2.24, 2.45) is 0 Å². The Morgan fingerprint density at radius 1 is 1.37 bits per heavy atom. The van der Waals surface area contributed by atoms with E-state index in [1.165, 1.54) is 5.56 Å². The van der Waals surface area contributed by atoms with Crippen LogP contribution in [0.15, 0.2) is 18.2 Å². The standard InChI is InChI=1S/C15H26N2O2/c1-12-8-13(6-7-14(12)19-5)9-16-10-15(2,18)11-17(3)4/h6-8,16,18H,9-11H2,1-5H3. The molecular weight excluding hydrogens is 240 g/mol. The second-order valence-electron chi connectivity index (χ2n) is 5.64. The predicted octanol–water partition coefficient (Wildman–Crippen LogP) is 1.41. The third kappa shape index (κ3) is 5.59. The van der Waals surface area contributed by atoms with E-state index in [-0.39, 0.29) is 0 Å². The maximum absolute atomic E-state index is 10.2. The van der Waals surface area contributed by atoms with E-state index in [1.807, 2.05) is 45.0 Å². The maximum atomic E-state index is 10.2. The number of nitrogens with one attached hydrogen (secondary N) is 1. The number of ether oxygens (including phenoxy) is 1. The molecule has 4 nitrogen and oxygen atoms in total. The van der Waals surface area contributed by atoms with Gasteiger partial charge in [-0.05, 0) is 45.1 Å². The summed E-state index contributed by atoms with van der Waals surface area (Å²) in [7, 11) is 5.60. The maximum Gasteiger partial charge on any atom is 0.121 e. The summed E-state index contributed by atoms with van der Waals surface area (Å²) in [5, 5.41) is 13.5. The van der Waals surface area contributed by atoms with Crippen LogP contribution in [0.2, 0.25) is 0 Å². The number of aryl methyl sites for hydroxylation is 1. The van der Waals surface area contributed by atoms with E-state index in [0.717, 1.165) is 17.9 Å². The number of methoxy groups -OCH3 is 1. The van der Waals surface area contributed by atoms with Gasteiger partial charge in [-0.25, -0.2) is 0 Å². The summed E-state index contributed by atoms with van der Waals surface area (Å²) in [6.07, 6.45) is 0. The fourth-order valence-corrected chi connectivity index (χ4v) is 2.26. The molecule has 1 unspecified atom stereocenters. The van der Waals surface area contributed by atoms with E-state index in [0.29, 0.717) is 13.1 Å². The molecule has 0 saturated carbocycles. The van der Waals surface area contributed by atoms with Crippen molar-refractivity contribution < 1.29 is 9.84 Å². The highest BCUT2D eigenvalue weighted by molar-refractivity contribution is 5.36. The van der Waals surface area contributed by atoms with E-state index in [9.17, 15) is 5.11 Å². The number of hydrogen-bond donors (Lipinski definition) is 2. The van der Waals surface area contributed by atoms with Crippen molar-refractivity contribution in [1.82, 2.24) is 10.2 Å². The zero-order valence-corrected chi connectivity index (χ0v) is 12.7. The van der Waals surface area contributed by atoms with Crippen LogP contribution in [0.3, 0.4) is 0 Å². The Labute approximate surface area is 116 Å². The Kier molecular flexibility index (Phi) is 5.79. The van der Waals surface area contributed by atoms with Crippen molar-refractivity contribution in [3.8, 4) is 5.75 Å². The summed E-state index contributed by atoms with van der Waals surface area (Å²) in [6, 6.07) is 6.12. The van der Waals surface area contributed by atoms with E-state index >= 15 is 0 Å². The lowest BCUT2D eigenvalue weighted by atomic mass is 10.1. The highest BCUT2D eigenvalue weighted by Gasteiger charge is 2.20. The fraction of sp³-hybridized carbons (Fsp3) is 0.600. The molecular formula is C15H26N2O2. The van der Waals surface area contributed by atoms with Crippen molar-refractivity contribution in [2.45, 2.75) is 26.0 Å². The first-order chi connectivity index (χ1) is 8.84. The molecule has 2 N–H and O–H groups in total. The van der Waals surface area contributed by atoms with Gasteiger partial charge >= 0.3 is 0 Å². The molecule has 108 valence electrons. The number of nitrogens with zero attached hydrogens (tertiary/aromatic N) is 1. The van der Waals surface area contributed by atoms with Gasteiger partial charge in [0.25, 0.3) is 0 Å². The first kappa shape index (κ1) is 16.0. The van der Waals surface area contributed by atoms with Gasteiger partial charge in [0.15, 0.2) is 0 Å². The first-order valence-corrected chi connectivity index (χ1v) is 6.55. The van der Waals surface area contributed by atoms with Gasteiger partial charge in [0, 0.05) is 19.6 Å². The third-order valence-electron chi connectivity index (χ3n) is 2.95. The lowest BCUT2D eigenvalue weighted by Crippen LogP contribution is -2.45. The molecule has 0 amide bonds. The summed E-state index contributed by atoms with van der Waals surface area (Å²) in [5.41, 5.74) is 1.60. The molecule has 0 aliphatic carbocycles. The van der Waals surface area contributed by atoms with Crippen LogP contribution in [0, 0.1) is 6.92 Å². The van der Waals surface area contributed by atoms with Gasteiger partial charge in [-0.1, -0.05) is 12.1 Å². The molecule has 0 aromatic heterocycles. The molecule has 0 radical (unpaired) electrons. The van der Waals surface area contributed by atoms with Crippen molar-refractivity contribution in [1.29, 1.82) is 0 Å². The Bertz CT molecular complexity index is 403. The Hall–Kier alpha value is -1.10. The van der Waals surface area contributed by atoms with Crippen LogP contribution in [0.5, 0.6) is 5.75 Å². The molecule has 1 atom stereocenters. The number of benzene rings is 1. The van der Waals surface area contributed by atoms with Gasteiger partial charge in [-0.3, -0.25) is 0 Å². The summed E-state index contributed by atoms with van der Waals surface area (Å²) in [6.45, 7) is 5.83. The third-order valence-corrected chi connectivity index (χ3v) is 2.95. The minimum absolute atomic E-state index is 0.566. The number of hydrogen-bond acceptors (Lipinski definition) is 4. The summed E-state index contributed by atoms with van der Waals surface area (Å²) in [4.78, 5) is 1.99. The molecule has 0 saturated heterocycles. The minimum atomic E-state index is -0.717. The highest BCUT2D eigenvalue weighted by atomic mass is 16.5. The number of aliphatic hydroxyl groups is 1. The predicted molar refractivity (Wildman–Crippen MR) is 78.6 cm³/mol. The first-order valence-electron chi connectivity index (χ1n) is 6.55. The molecule has 1 aromatic carbocycles. The molecule has 0 bridgehead atoms. The average molecular weight is 266 g/mol. The SMILES string of the molecule is COc1ccc(CNCC(C)(O)CN(C)C)cc1C. The van der Waals surface area contributed by atoms with Crippen LogP contribution in [-0.2, 0) is 6.54 Å². The molecule has 0 spiro atoms. The molecule has 0 aliphatic rings. The van der Waals surface area contributed by atoms with Crippen LogP contribution in [0.4, 0.5) is 0 Å². The monoisotopic (exact) mass is 266 g/mol. The zero-order chi connectivity index (χ0) is 14.5. The normalized spacial score (nSPS) is 14.5. The molecule has 1 rings (SSSR count). The molecule has 0 heterocycles. The van der Waals surface area contributed by atoms with Gasteiger partial charge in [-0.15, -0.1) is 0 Å². The van der Waals surface area contributed by atoms with Gasteiger partial charge < -0.3 is 20.1 Å². The van der Waals surface area contributed by atoms with Crippen LogP contribution in [-0.4, -0.2) is 49.9 Å².